The first-order chi connectivity index (χ1) is 7.36. The molecule has 3 nitrogen and oxygen atoms in total. The van der Waals surface area contributed by atoms with E-state index in [0.717, 1.165) is 22.8 Å². The molecule has 0 aliphatic rings. The predicted molar refractivity (Wildman–Crippen MR) is 57.6 cm³/mol. The molecule has 0 aliphatic carbocycles. The van der Waals surface area contributed by atoms with Gasteiger partial charge in [-0.3, -0.25) is 4.40 Å². The molecule has 3 aromatic rings. The lowest BCUT2D eigenvalue weighted by Gasteiger charge is -2.02. The third-order valence-electron chi connectivity index (χ3n) is 2.49. The minimum absolute atomic E-state index is 0.796. The number of fused-ring (bicyclic) bond motifs is 1. The lowest BCUT2D eigenvalue weighted by Crippen LogP contribution is -1.92. The number of pyridine rings is 1. The summed E-state index contributed by atoms with van der Waals surface area (Å²) in [4.78, 5) is 4.37. The van der Waals surface area contributed by atoms with Gasteiger partial charge in [-0.15, -0.1) is 0 Å². The Hall–Kier alpha value is -2.03. The highest BCUT2D eigenvalue weighted by molar-refractivity contribution is 5.58. The maximum atomic E-state index is 5.36. The summed E-state index contributed by atoms with van der Waals surface area (Å²) in [6.45, 7) is 2.06. The highest BCUT2D eigenvalue weighted by atomic mass is 16.3. The molecule has 0 bridgehead atoms. The molecule has 3 rings (SSSR count). The Morgan fingerprint density at radius 2 is 2.13 bits per heavy atom. The molecule has 0 unspecified atom stereocenters. The van der Waals surface area contributed by atoms with Crippen molar-refractivity contribution in [1.29, 1.82) is 0 Å². The van der Waals surface area contributed by atoms with E-state index >= 15 is 0 Å². The van der Waals surface area contributed by atoms with E-state index in [1.165, 1.54) is 0 Å². The number of aromatic nitrogens is 2. The quantitative estimate of drug-likeness (QED) is 0.601. The molecule has 3 heteroatoms. The van der Waals surface area contributed by atoms with Gasteiger partial charge in [0.1, 0.15) is 0 Å². The van der Waals surface area contributed by atoms with Crippen molar-refractivity contribution >= 4 is 5.52 Å². The number of hydrogen-bond acceptors (Lipinski definition) is 2. The Morgan fingerprint density at radius 1 is 1.20 bits per heavy atom. The fourth-order valence-electron chi connectivity index (χ4n) is 1.79. The van der Waals surface area contributed by atoms with Crippen molar-refractivity contribution in [1.82, 2.24) is 9.38 Å². The molecule has 0 spiro atoms. The van der Waals surface area contributed by atoms with E-state index in [2.05, 4.69) is 22.4 Å². The summed E-state index contributed by atoms with van der Waals surface area (Å²) in [6, 6.07) is 9.90. The minimum Gasteiger partial charge on any atom is -0.461 e. The Kier molecular flexibility index (Phi) is 1.65. The van der Waals surface area contributed by atoms with Gasteiger partial charge in [0.05, 0.1) is 18.0 Å². The van der Waals surface area contributed by atoms with Crippen molar-refractivity contribution in [2.24, 2.45) is 0 Å². The molecule has 0 amide bonds. The lowest BCUT2D eigenvalue weighted by atomic mass is 10.3. The smallest absolute Gasteiger partial charge is 0.181 e. The molecule has 0 radical (unpaired) electrons. The van der Waals surface area contributed by atoms with Crippen LogP contribution in [0, 0.1) is 6.92 Å². The van der Waals surface area contributed by atoms with Crippen LogP contribution in [-0.2, 0) is 0 Å². The van der Waals surface area contributed by atoms with E-state index in [1.54, 1.807) is 6.26 Å². The van der Waals surface area contributed by atoms with Crippen molar-refractivity contribution in [3.63, 3.8) is 0 Å². The lowest BCUT2D eigenvalue weighted by molar-refractivity contribution is 0.576. The topological polar surface area (TPSA) is 30.4 Å². The van der Waals surface area contributed by atoms with Crippen LogP contribution in [0.1, 0.15) is 5.69 Å². The fraction of sp³-hybridized carbons (Fsp3) is 0.0833. The summed E-state index contributed by atoms with van der Waals surface area (Å²) in [5, 5.41) is 0. The number of imidazole rings is 1. The zero-order chi connectivity index (χ0) is 10.3. The molecule has 0 aromatic carbocycles. The zero-order valence-corrected chi connectivity index (χ0v) is 8.34. The molecule has 0 saturated carbocycles. The standard InChI is InChI=1S/C12H10N2O/c1-9-4-2-5-10-8-13-12(14(9)10)11-6-3-7-15-11/h2-8H,1H3. The summed E-state index contributed by atoms with van der Waals surface area (Å²) < 4.78 is 7.44. The van der Waals surface area contributed by atoms with Crippen LogP contribution in [0.5, 0.6) is 0 Å². The predicted octanol–water partition coefficient (Wildman–Crippen LogP) is 2.90. The fourth-order valence-corrected chi connectivity index (χ4v) is 1.79. The van der Waals surface area contributed by atoms with E-state index in [0.29, 0.717) is 0 Å². The second kappa shape index (κ2) is 2.98. The highest BCUT2D eigenvalue weighted by Crippen LogP contribution is 2.21. The SMILES string of the molecule is Cc1cccc2cnc(-c3ccco3)n12. The van der Waals surface area contributed by atoms with Gasteiger partial charge in [-0.05, 0) is 31.2 Å². The first kappa shape index (κ1) is 8.29. The van der Waals surface area contributed by atoms with Crippen molar-refractivity contribution in [3.8, 4) is 11.6 Å². The van der Waals surface area contributed by atoms with Crippen LogP contribution in [0.3, 0.4) is 0 Å². The summed E-state index contributed by atoms with van der Waals surface area (Å²) >= 11 is 0. The van der Waals surface area contributed by atoms with Crippen LogP contribution in [-0.4, -0.2) is 9.38 Å². The summed E-state index contributed by atoms with van der Waals surface area (Å²) in [6.07, 6.45) is 3.51. The molecule has 0 atom stereocenters. The summed E-state index contributed by atoms with van der Waals surface area (Å²) in [5.41, 5.74) is 2.23. The number of rotatable bonds is 1. The number of furan rings is 1. The largest absolute Gasteiger partial charge is 0.461 e. The van der Waals surface area contributed by atoms with Crippen LogP contribution in [0.25, 0.3) is 17.1 Å². The van der Waals surface area contributed by atoms with Gasteiger partial charge in [0.2, 0.25) is 0 Å². The Morgan fingerprint density at radius 3 is 2.93 bits per heavy atom. The summed E-state index contributed by atoms with van der Waals surface area (Å²) in [7, 11) is 0. The normalized spacial score (nSPS) is 11.0. The van der Waals surface area contributed by atoms with Gasteiger partial charge >= 0.3 is 0 Å². The monoisotopic (exact) mass is 198 g/mol. The van der Waals surface area contributed by atoms with Crippen molar-refractivity contribution < 1.29 is 4.42 Å². The second-order valence-electron chi connectivity index (χ2n) is 3.49. The number of nitrogens with zero attached hydrogens (tertiary/aromatic N) is 2. The van der Waals surface area contributed by atoms with Gasteiger partial charge in [-0.1, -0.05) is 6.07 Å². The first-order valence-electron chi connectivity index (χ1n) is 4.83. The second-order valence-corrected chi connectivity index (χ2v) is 3.49. The third kappa shape index (κ3) is 1.16. The number of aryl methyl sites for hydroxylation is 1. The minimum atomic E-state index is 0.796. The first-order valence-corrected chi connectivity index (χ1v) is 4.83. The third-order valence-corrected chi connectivity index (χ3v) is 2.49. The highest BCUT2D eigenvalue weighted by Gasteiger charge is 2.09. The van der Waals surface area contributed by atoms with Crippen LogP contribution < -0.4 is 0 Å². The van der Waals surface area contributed by atoms with Crippen molar-refractivity contribution in [2.75, 3.05) is 0 Å². The van der Waals surface area contributed by atoms with Gasteiger partial charge in [0, 0.05) is 5.69 Å². The van der Waals surface area contributed by atoms with Gasteiger partial charge in [0.15, 0.2) is 11.6 Å². The van der Waals surface area contributed by atoms with Gasteiger partial charge in [-0.25, -0.2) is 4.98 Å². The Labute approximate surface area is 87.0 Å². The Balaban J connectivity index is 2.37. The molecule has 74 valence electrons. The molecule has 0 saturated heterocycles. The van der Waals surface area contributed by atoms with E-state index in [9.17, 15) is 0 Å². The van der Waals surface area contributed by atoms with E-state index < -0.39 is 0 Å². The Bertz CT molecular complexity index is 593. The van der Waals surface area contributed by atoms with Crippen LogP contribution in [0.15, 0.2) is 47.2 Å². The van der Waals surface area contributed by atoms with Crippen molar-refractivity contribution in [3.05, 3.63) is 48.5 Å². The molecule has 15 heavy (non-hydrogen) atoms. The van der Waals surface area contributed by atoms with Gasteiger partial charge < -0.3 is 4.42 Å². The van der Waals surface area contributed by atoms with Crippen LogP contribution >= 0.6 is 0 Å². The molecular formula is C12H10N2O. The number of hydrogen-bond donors (Lipinski definition) is 0. The molecule has 0 fully saturated rings. The van der Waals surface area contributed by atoms with E-state index in [4.69, 9.17) is 4.42 Å². The van der Waals surface area contributed by atoms with Crippen LogP contribution in [0.4, 0.5) is 0 Å². The average molecular weight is 198 g/mol. The van der Waals surface area contributed by atoms with Crippen LogP contribution in [0.2, 0.25) is 0 Å². The van der Waals surface area contributed by atoms with E-state index in [-0.39, 0.29) is 0 Å². The maximum absolute atomic E-state index is 5.36. The van der Waals surface area contributed by atoms with Crippen molar-refractivity contribution in [2.45, 2.75) is 6.92 Å². The summed E-state index contributed by atoms with van der Waals surface area (Å²) in [5.74, 6) is 1.65. The molecule has 3 heterocycles. The van der Waals surface area contributed by atoms with E-state index in [1.807, 2.05) is 30.5 Å². The van der Waals surface area contributed by atoms with Gasteiger partial charge in [-0.2, -0.15) is 0 Å². The molecule has 3 aromatic heterocycles. The van der Waals surface area contributed by atoms with Gasteiger partial charge in [0.25, 0.3) is 0 Å². The maximum Gasteiger partial charge on any atom is 0.181 e. The zero-order valence-electron chi connectivity index (χ0n) is 8.34. The molecular weight excluding hydrogens is 188 g/mol. The molecule has 0 aliphatic heterocycles. The molecule has 0 N–H and O–H groups in total. The average Bonchev–Trinajstić information content (AvgIpc) is 2.85.